The van der Waals surface area contributed by atoms with Crippen molar-refractivity contribution in [2.24, 2.45) is 5.41 Å². The zero-order valence-corrected chi connectivity index (χ0v) is 11.7. The van der Waals surface area contributed by atoms with Crippen molar-refractivity contribution in [3.05, 3.63) is 35.9 Å². The fraction of sp³-hybridized carbons (Fsp3) is 0.571. The number of aliphatic hydroxyl groups is 1. The highest BCUT2D eigenvalue weighted by Crippen LogP contribution is 2.37. The lowest BCUT2D eigenvalue weighted by Gasteiger charge is -2.60. The Morgan fingerprint density at radius 1 is 1.20 bits per heavy atom. The van der Waals surface area contributed by atoms with E-state index >= 15 is 0 Å². The molecule has 0 amide bonds. The van der Waals surface area contributed by atoms with E-state index in [0.717, 1.165) is 5.56 Å². The van der Waals surface area contributed by atoms with Crippen LogP contribution in [0.1, 0.15) is 12.5 Å². The molecule has 20 heavy (non-hydrogen) atoms. The molecule has 1 aromatic rings. The predicted octanol–water partition coefficient (Wildman–Crippen LogP) is 1.13. The summed E-state index contributed by atoms with van der Waals surface area (Å²) in [6.07, 6.45) is 0. The van der Waals surface area contributed by atoms with E-state index in [4.69, 9.17) is 18.7 Å². The summed E-state index contributed by atoms with van der Waals surface area (Å²) in [6.45, 7) is 1.93. The lowest BCUT2D eigenvalue weighted by atomic mass is 9.65. The number of hydrogen-bond acceptors (Lipinski definition) is 5. The first-order valence-electron chi connectivity index (χ1n) is 7.00. The summed E-state index contributed by atoms with van der Waals surface area (Å²) >= 11 is 0. The van der Waals surface area contributed by atoms with E-state index in [1.807, 2.05) is 37.3 Å². The standard InChI is InChI=1S/C14H20BO5/c1-12(17-7-13-5-3-2-4-6-13)15-18-9-14(8-16,10-19-15)11-20-15/h2-6,12,16H,7-11H2,1H3/q-1/t12-,14?,15?/m0/s1. The normalized spacial score (nSPS) is 34.1. The number of hydrogen-bond donors (Lipinski definition) is 1. The Bertz CT molecular complexity index is 428. The lowest BCUT2D eigenvalue weighted by Crippen LogP contribution is -2.69. The molecule has 1 atom stereocenters. The minimum atomic E-state index is -1.86. The average molecular weight is 279 g/mol. The molecule has 1 aromatic carbocycles. The number of fused-ring (bicyclic) bond motifs is 3. The second-order valence-electron chi connectivity index (χ2n) is 5.79. The van der Waals surface area contributed by atoms with Gasteiger partial charge in [0.25, 0.3) is 0 Å². The summed E-state index contributed by atoms with van der Waals surface area (Å²) in [4.78, 5) is 0. The molecule has 0 radical (unpaired) electrons. The van der Waals surface area contributed by atoms with Crippen molar-refractivity contribution in [2.75, 3.05) is 26.4 Å². The maximum absolute atomic E-state index is 9.38. The van der Waals surface area contributed by atoms with Gasteiger partial charge in [0.2, 0.25) is 0 Å². The van der Waals surface area contributed by atoms with Crippen molar-refractivity contribution in [3.8, 4) is 0 Å². The Morgan fingerprint density at radius 3 is 2.35 bits per heavy atom. The van der Waals surface area contributed by atoms with Crippen LogP contribution >= 0.6 is 0 Å². The molecule has 2 bridgehead atoms. The molecule has 3 saturated heterocycles. The fourth-order valence-corrected chi connectivity index (χ4v) is 2.61. The molecule has 0 aliphatic carbocycles. The Morgan fingerprint density at radius 2 is 1.80 bits per heavy atom. The van der Waals surface area contributed by atoms with E-state index in [9.17, 15) is 5.11 Å². The van der Waals surface area contributed by atoms with Crippen LogP contribution in [-0.2, 0) is 25.3 Å². The van der Waals surface area contributed by atoms with Crippen LogP contribution in [0.3, 0.4) is 0 Å². The highest BCUT2D eigenvalue weighted by atomic mass is 16.8. The van der Waals surface area contributed by atoms with Gasteiger partial charge in [-0.05, 0) is 5.56 Å². The first-order valence-corrected chi connectivity index (χ1v) is 7.00. The van der Waals surface area contributed by atoms with E-state index in [0.29, 0.717) is 26.4 Å². The van der Waals surface area contributed by atoms with Gasteiger partial charge in [-0.15, -0.1) is 0 Å². The molecule has 110 valence electrons. The smallest absolute Gasteiger partial charge is 0.407 e. The van der Waals surface area contributed by atoms with Crippen LogP contribution in [0.4, 0.5) is 0 Å². The van der Waals surface area contributed by atoms with Gasteiger partial charge in [0.15, 0.2) is 0 Å². The quantitative estimate of drug-likeness (QED) is 0.819. The second kappa shape index (κ2) is 5.46. The number of benzene rings is 1. The maximum Gasteiger partial charge on any atom is 0.407 e. The monoisotopic (exact) mass is 279 g/mol. The van der Waals surface area contributed by atoms with Crippen molar-refractivity contribution < 1.29 is 23.8 Å². The van der Waals surface area contributed by atoms with Crippen LogP contribution in [-0.4, -0.2) is 44.3 Å². The summed E-state index contributed by atoms with van der Waals surface area (Å²) in [5.41, 5.74) is 0.700. The summed E-state index contributed by atoms with van der Waals surface area (Å²) in [7, 11) is 0. The molecule has 3 heterocycles. The highest BCUT2D eigenvalue weighted by Gasteiger charge is 2.51. The topological polar surface area (TPSA) is 57.2 Å². The highest BCUT2D eigenvalue weighted by molar-refractivity contribution is 6.62. The average Bonchev–Trinajstić information content (AvgIpc) is 2.55. The predicted molar refractivity (Wildman–Crippen MR) is 73.8 cm³/mol. The van der Waals surface area contributed by atoms with Crippen LogP contribution in [0, 0.1) is 5.41 Å². The largest absolute Gasteiger partial charge is 0.542 e. The van der Waals surface area contributed by atoms with Gasteiger partial charge in [-0.3, -0.25) is 0 Å². The van der Waals surface area contributed by atoms with Crippen molar-refractivity contribution in [1.29, 1.82) is 0 Å². The van der Waals surface area contributed by atoms with Gasteiger partial charge in [0.1, 0.15) is 0 Å². The van der Waals surface area contributed by atoms with Crippen LogP contribution in [0.25, 0.3) is 0 Å². The van der Waals surface area contributed by atoms with Crippen LogP contribution in [0.5, 0.6) is 0 Å². The van der Waals surface area contributed by atoms with Gasteiger partial charge in [0.05, 0.1) is 18.6 Å². The first-order chi connectivity index (χ1) is 9.68. The minimum Gasteiger partial charge on any atom is -0.542 e. The molecule has 1 N–H and O–H groups in total. The second-order valence-corrected chi connectivity index (χ2v) is 5.79. The molecule has 5 nitrogen and oxygen atoms in total. The van der Waals surface area contributed by atoms with Crippen LogP contribution in [0.2, 0.25) is 0 Å². The summed E-state index contributed by atoms with van der Waals surface area (Å²) in [5.74, 6) is 0. The number of aliphatic hydroxyl groups excluding tert-OH is 1. The van der Waals surface area contributed by atoms with Gasteiger partial charge in [-0.25, -0.2) is 0 Å². The van der Waals surface area contributed by atoms with Crippen LogP contribution in [0.15, 0.2) is 30.3 Å². The van der Waals surface area contributed by atoms with Crippen molar-refractivity contribution in [3.63, 3.8) is 0 Å². The molecular weight excluding hydrogens is 259 g/mol. The van der Waals surface area contributed by atoms with E-state index in [2.05, 4.69) is 0 Å². The number of rotatable bonds is 5. The third-order valence-electron chi connectivity index (χ3n) is 4.13. The van der Waals surface area contributed by atoms with Gasteiger partial charge in [0, 0.05) is 25.8 Å². The Labute approximate surface area is 118 Å². The lowest BCUT2D eigenvalue weighted by molar-refractivity contribution is -0.169. The zero-order chi connectivity index (χ0) is 14.1. The molecule has 3 aliphatic heterocycles. The molecule has 0 spiro atoms. The van der Waals surface area contributed by atoms with E-state index in [-0.39, 0.29) is 12.6 Å². The number of ether oxygens (including phenoxy) is 1. The summed E-state index contributed by atoms with van der Waals surface area (Å²) < 4.78 is 23.1. The molecular formula is C14H20BO5-. The van der Waals surface area contributed by atoms with Gasteiger partial charge >= 0.3 is 6.75 Å². The molecule has 3 aliphatic rings. The fourth-order valence-electron chi connectivity index (χ4n) is 2.61. The maximum atomic E-state index is 9.38. The van der Waals surface area contributed by atoms with Gasteiger partial charge in [-0.1, -0.05) is 37.3 Å². The van der Waals surface area contributed by atoms with Crippen molar-refractivity contribution in [2.45, 2.75) is 19.5 Å². The zero-order valence-electron chi connectivity index (χ0n) is 11.7. The SMILES string of the molecule is C[C@H](OCc1ccccc1)[B-]12OCC(CO)(CO1)CO2. The first kappa shape index (κ1) is 14.0. The van der Waals surface area contributed by atoms with E-state index < -0.39 is 12.2 Å². The van der Waals surface area contributed by atoms with Gasteiger partial charge < -0.3 is 23.8 Å². The Hall–Kier alpha value is -0.915. The molecule has 0 saturated carbocycles. The van der Waals surface area contributed by atoms with Crippen molar-refractivity contribution >= 4 is 6.75 Å². The Kier molecular flexibility index (Phi) is 3.84. The third-order valence-corrected chi connectivity index (χ3v) is 4.13. The summed E-state index contributed by atoms with van der Waals surface area (Å²) in [6, 6.07) is 9.67. The molecule has 0 aromatic heterocycles. The molecule has 0 unspecified atom stereocenters. The third kappa shape index (κ3) is 2.50. The Balaban J connectivity index is 1.59. The van der Waals surface area contributed by atoms with Crippen LogP contribution < -0.4 is 0 Å². The van der Waals surface area contributed by atoms with Crippen molar-refractivity contribution in [1.82, 2.24) is 0 Å². The van der Waals surface area contributed by atoms with E-state index in [1.54, 1.807) is 0 Å². The van der Waals surface area contributed by atoms with Gasteiger partial charge in [-0.2, -0.15) is 0 Å². The molecule has 6 heteroatoms. The summed E-state index contributed by atoms with van der Waals surface area (Å²) in [5, 5.41) is 9.38. The molecule has 3 fully saturated rings. The molecule has 4 rings (SSSR count). The minimum absolute atomic E-state index is 0.0123. The van der Waals surface area contributed by atoms with E-state index in [1.165, 1.54) is 0 Å².